The number of carbonyl (C=O) groups is 1. The zero-order valence-electron chi connectivity index (χ0n) is 14.6. The lowest BCUT2D eigenvalue weighted by atomic mass is 10.2. The molecule has 0 aliphatic rings. The molecule has 0 aliphatic carbocycles. The molecule has 2 heterocycles. The first-order chi connectivity index (χ1) is 12.4. The third-order valence-corrected chi connectivity index (χ3v) is 5.78. The van der Waals surface area contributed by atoms with Gasteiger partial charge in [-0.15, -0.1) is 11.3 Å². The van der Waals surface area contributed by atoms with Crippen molar-refractivity contribution in [3.8, 4) is 5.75 Å². The van der Waals surface area contributed by atoms with Crippen molar-refractivity contribution in [3.05, 3.63) is 49.8 Å². The lowest BCUT2D eigenvalue weighted by Gasteiger charge is -2.11. The number of fused-ring (bicyclic) bond motifs is 1. The lowest BCUT2D eigenvalue weighted by Crippen LogP contribution is -2.23. The summed E-state index contributed by atoms with van der Waals surface area (Å²) < 4.78 is 7.57. The van der Waals surface area contributed by atoms with Gasteiger partial charge in [0.2, 0.25) is 5.91 Å². The summed E-state index contributed by atoms with van der Waals surface area (Å²) in [5.41, 5.74) is 1.43. The fourth-order valence-corrected chi connectivity index (χ4v) is 3.99. The molecule has 136 valence electrons. The van der Waals surface area contributed by atoms with Crippen LogP contribution in [0.25, 0.3) is 10.2 Å². The van der Waals surface area contributed by atoms with Crippen LogP contribution >= 0.6 is 27.3 Å². The Morgan fingerprint density at radius 2 is 2.15 bits per heavy atom. The van der Waals surface area contributed by atoms with E-state index in [0.717, 1.165) is 19.7 Å². The summed E-state index contributed by atoms with van der Waals surface area (Å²) in [5, 5.41) is 3.46. The summed E-state index contributed by atoms with van der Waals surface area (Å²) in [6, 6.07) is 5.37. The van der Waals surface area contributed by atoms with E-state index >= 15 is 0 Å². The Kier molecular flexibility index (Phi) is 5.43. The van der Waals surface area contributed by atoms with Crippen LogP contribution in [0.3, 0.4) is 0 Å². The fraction of sp³-hybridized carbons (Fsp3) is 0.278. The molecule has 8 heteroatoms. The van der Waals surface area contributed by atoms with Gasteiger partial charge < -0.3 is 10.1 Å². The van der Waals surface area contributed by atoms with Crippen LogP contribution in [0.15, 0.2) is 33.8 Å². The second kappa shape index (κ2) is 7.59. The molecule has 0 atom stereocenters. The van der Waals surface area contributed by atoms with E-state index in [1.165, 1.54) is 22.2 Å². The number of hydrogen-bond donors (Lipinski definition) is 1. The summed E-state index contributed by atoms with van der Waals surface area (Å²) in [5.74, 6) is 0.373. The minimum Gasteiger partial charge on any atom is -0.495 e. The van der Waals surface area contributed by atoms with E-state index in [1.807, 2.05) is 19.9 Å². The Labute approximate surface area is 163 Å². The van der Waals surface area contributed by atoms with E-state index < -0.39 is 0 Å². The smallest absolute Gasteiger partial charge is 0.262 e. The largest absolute Gasteiger partial charge is 0.495 e. The summed E-state index contributed by atoms with van der Waals surface area (Å²) in [7, 11) is 1.55. The van der Waals surface area contributed by atoms with Crippen LogP contribution in [0, 0.1) is 13.8 Å². The van der Waals surface area contributed by atoms with Crippen LogP contribution < -0.4 is 15.6 Å². The second-order valence-corrected chi connectivity index (χ2v) is 7.97. The number of amides is 1. The van der Waals surface area contributed by atoms with Gasteiger partial charge in [0, 0.05) is 22.3 Å². The van der Waals surface area contributed by atoms with Crippen molar-refractivity contribution in [2.45, 2.75) is 26.8 Å². The molecule has 0 bridgehead atoms. The Morgan fingerprint density at radius 1 is 1.38 bits per heavy atom. The SMILES string of the molecule is COc1ccc(Br)cc1NC(=O)CCn1cnc2sc(C)c(C)c2c1=O. The number of thiophene rings is 1. The van der Waals surface area contributed by atoms with Crippen molar-refractivity contribution in [1.82, 2.24) is 9.55 Å². The summed E-state index contributed by atoms with van der Waals surface area (Å²) in [6.07, 6.45) is 1.66. The van der Waals surface area contributed by atoms with Gasteiger partial charge in [-0.2, -0.15) is 0 Å². The molecule has 0 unspecified atom stereocenters. The normalized spacial score (nSPS) is 10.9. The van der Waals surface area contributed by atoms with Crippen molar-refractivity contribution >= 4 is 49.1 Å². The summed E-state index contributed by atoms with van der Waals surface area (Å²) in [4.78, 5) is 31.1. The predicted octanol–water partition coefficient (Wildman–Crippen LogP) is 3.87. The number of benzene rings is 1. The molecule has 26 heavy (non-hydrogen) atoms. The van der Waals surface area contributed by atoms with Crippen LogP contribution in [0.5, 0.6) is 5.75 Å². The van der Waals surface area contributed by atoms with Gasteiger partial charge in [-0.25, -0.2) is 4.98 Å². The van der Waals surface area contributed by atoms with Crippen molar-refractivity contribution in [2.75, 3.05) is 12.4 Å². The summed E-state index contributed by atoms with van der Waals surface area (Å²) >= 11 is 4.88. The third-order valence-electron chi connectivity index (χ3n) is 4.17. The van der Waals surface area contributed by atoms with Gasteiger partial charge in [0.05, 0.1) is 24.5 Å². The Hall–Kier alpha value is -2.19. The number of carbonyl (C=O) groups excluding carboxylic acids is 1. The molecular formula is C18H18BrN3O3S. The maximum atomic E-state index is 12.7. The van der Waals surface area contributed by atoms with Gasteiger partial charge in [0.1, 0.15) is 10.6 Å². The van der Waals surface area contributed by atoms with E-state index in [9.17, 15) is 9.59 Å². The lowest BCUT2D eigenvalue weighted by molar-refractivity contribution is -0.116. The summed E-state index contributed by atoms with van der Waals surface area (Å²) in [6.45, 7) is 4.16. The first kappa shape index (κ1) is 18.6. The van der Waals surface area contributed by atoms with E-state index in [4.69, 9.17) is 4.74 Å². The molecule has 0 saturated heterocycles. The van der Waals surface area contributed by atoms with Crippen molar-refractivity contribution in [3.63, 3.8) is 0 Å². The Balaban J connectivity index is 1.75. The topological polar surface area (TPSA) is 73.2 Å². The maximum absolute atomic E-state index is 12.7. The van der Waals surface area contributed by atoms with Crippen molar-refractivity contribution in [2.24, 2.45) is 0 Å². The minimum atomic E-state index is -0.202. The average Bonchev–Trinajstić information content (AvgIpc) is 2.89. The van der Waals surface area contributed by atoms with E-state index in [1.54, 1.807) is 19.2 Å². The number of ether oxygens (including phenoxy) is 1. The highest BCUT2D eigenvalue weighted by Gasteiger charge is 2.13. The Bertz CT molecular complexity index is 1040. The van der Waals surface area contributed by atoms with Crippen LogP contribution in [0.2, 0.25) is 0 Å². The fourth-order valence-electron chi connectivity index (χ4n) is 2.64. The first-order valence-electron chi connectivity index (χ1n) is 7.99. The molecule has 0 aliphatic heterocycles. The van der Waals surface area contributed by atoms with E-state index in [0.29, 0.717) is 16.8 Å². The molecule has 6 nitrogen and oxygen atoms in total. The van der Waals surface area contributed by atoms with Gasteiger partial charge >= 0.3 is 0 Å². The van der Waals surface area contributed by atoms with Crippen LogP contribution in [-0.2, 0) is 11.3 Å². The van der Waals surface area contributed by atoms with Crippen LogP contribution in [0.1, 0.15) is 16.9 Å². The quantitative estimate of drug-likeness (QED) is 0.659. The number of nitrogens with one attached hydrogen (secondary N) is 1. The molecular weight excluding hydrogens is 418 g/mol. The molecule has 1 amide bonds. The van der Waals surface area contributed by atoms with E-state index in [2.05, 4.69) is 26.2 Å². The number of anilines is 1. The highest BCUT2D eigenvalue weighted by atomic mass is 79.9. The van der Waals surface area contributed by atoms with Gasteiger partial charge in [-0.1, -0.05) is 15.9 Å². The monoisotopic (exact) mass is 435 g/mol. The number of aryl methyl sites for hydroxylation is 3. The first-order valence-corrected chi connectivity index (χ1v) is 9.60. The molecule has 3 aromatic rings. The molecule has 1 N–H and O–H groups in total. The van der Waals surface area contributed by atoms with Crippen molar-refractivity contribution < 1.29 is 9.53 Å². The molecule has 2 aromatic heterocycles. The zero-order valence-corrected chi connectivity index (χ0v) is 17.0. The van der Waals surface area contributed by atoms with E-state index in [-0.39, 0.29) is 24.4 Å². The van der Waals surface area contributed by atoms with Crippen LogP contribution in [-0.4, -0.2) is 22.6 Å². The number of aromatic nitrogens is 2. The predicted molar refractivity (Wildman–Crippen MR) is 107 cm³/mol. The number of nitrogens with zero attached hydrogens (tertiary/aromatic N) is 2. The molecule has 0 radical (unpaired) electrons. The molecule has 0 spiro atoms. The molecule has 0 saturated carbocycles. The second-order valence-electron chi connectivity index (χ2n) is 5.85. The number of halogens is 1. The zero-order chi connectivity index (χ0) is 18.8. The van der Waals surface area contributed by atoms with Gasteiger partial charge in [0.15, 0.2) is 0 Å². The minimum absolute atomic E-state index is 0.107. The Morgan fingerprint density at radius 3 is 2.88 bits per heavy atom. The standard InChI is InChI=1S/C18H18BrN3O3S/c1-10-11(2)26-17-16(10)18(24)22(9-20-17)7-6-15(23)21-13-8-12(19)4-5-14(13)25-3/h4-5,8-9H,6-7H2,1-3H3,(H,21,23). The van der Waals surface area contributed by atoms with Crippen LogP contribution in [0.4, 0.5) is 5.69 Å². The third kappa shape index (κ3) is 3.66. The van der Waals surface area contributed by atoms with Gasteiger partial charge in [-0.3, -0.25) is 14.2 Å². The number of hydrogen-bond acceptors (Lipinski definition) is 5. The highest BCUT2D eigenvalue weighted by molar-refractivity contribution is 9.10. The average molecular weight is 436 g/mol. The van der Waals surface area contributed by atoms with Crippen molar-refractivity contribution in [1.29, 1.82) is 0 Å². The molecule has 0 fully saturated rings. The van der Waals surface area contributed by atoms with Gasteiger partial charge in [-0.05, 0) is 37.6 Å². The highest BCUT2D eigenvalue weighted by Crippen LogP contribution is 2.28. The molecule has 1 aromatic carbocycles. The molecule has 3 rings (SSSR count). The number of rotatable bonds is 5. The maximum Gasteiger partial charge on any atom is 0.262 e. The number of methoxy groups -OCH3 is 1. The van der Waals surface area contributed by atoms with Gasteiger partial charge in [0.25, 0.3) is 5.56 Å².